The second-order valence-electron chi connectivity index (χ2n) is 2.11. The van der Waals surface area contributed by atoms with Gasteiger partial charge in [-0.2, -0.15) is 0 Å². The predicted octanol–water partition coefficient (Wildman–Crippen LogP) is 3.64. The van der Waals surface area contributed by atoms with Crippen molar-refractivity contribution in [1.82, 2.24) is 0 Å². The Balaban J connectivity index is -0.0000000320. The van der Waals surface area contributed by atoms with Crippen molar-refractivity contribution >= 4 is 61.2 Å². The zero-order valence-corrected chi connectivity index (χ0v) is 15.9. The van der Waals surface area contributed by atoms with Crippen LogP contribution in [0.25, 0.3) is 0 Å². The van der Waals surface area contributed by atoms with Gasteiger partial charge in [-0.1, -0.05) is 60.8 Å². The van der Waals surface area contributed by atoms with Crippen molar-refractivity contribution in [3.63, 3.8) is 0 Å². The summed E-state index contributed by atoms with van der Waals surface area (Å²) in [6.45, 7) is 4.49. The van der Waals surface area contributed by atoms with Gasteiger partial charge < -0.3 is 0 Å². The SMILES string of the molecule is C.C.CCCCCCC.I.I[I-]I. The Bertz CT molecular complexity index is 38.6. The van der Waals surface area contributed by atoms with E-state index >= 15 is 0 Å². The zero-order chi connectivity index (χ0) is 8.24. The second-order valence-corrected chi connectivity index (χ2v) is 18.4. The molecule has 0 aromatic carbocycles. The number of hydrogen-bond donors (Lipinski definition) is 0. The number of unbranched alkanes of at least 4 members (excludes halogenated alkanes) is 4. The Hall–Kier alpha value is 2.92. The van der Waals surface area contributed by atoms with Gasteiger partial charge >= 0.3 is 50.5 Å². The average Bonchev–Trinajstić information content (AvgIpc) is 1.91. The Labute approximate surface area is 133 Å². The normalized spacial score (nSPS) is 6.77. The van der Waals surface area contributed by atoms with Gasteiger partial charge in [-0.3, -0.25) is 0 Å². The van der Waals surface area contributed by atoms with Gasteiger partial charge in [0.1, 0.15) is 0 Å². The Kier molecular flexibility index (Phi) is 83.1. The molecule has 0 aliphatic carbocycles. The third kappa shape index (κ3) is 52.0. The van der Waals surface area contributed by atoms with Gasteiger partial charge in [0.15, 0.2) is 0 Å². The standard InChI is InChI=1S/C7H16.2CH4.I3.HI/c1-3-5-7-6-4-2;;;1-3-2;/h3-7H2,1-2H3;2*1H4;;1H/q;;;-1;. The summed E-state index contributed by atoms with van der Waals surface area (Å²) in [6, 6.07) is 0. The van der Waals surface area contributed by atoms with Crippen LogP contribution in [0, 0.1) is 0 Å². The van der Waals surface area contributed by atoms with Gasteiger partial charge in [-0.25, -0.2) is 0 Å². The molecule has 0 heterocycles. The molecule has 0 bridgehead atoms. The summed E-state index contributed by atoms with van der Waals surface area (Å²) >= 11 is 5.30. The maximum absolute atomic E-state index is 2.39. The van der Waals surface area contributed by atoms with E-state index < -0.39 is 0 Å². The molecule has 0 aliphatic heterocycles. The van der Waals surface area contributed by atoms with Gasteiger partial charge in [-0.15, -0.1) is 24.0 Å². The van der Waals surface area contributed by atoms with E-state index in [0.29, 0.717) is 13.3 Å². The molecule has 0 aliphatic rings. The Morgan fingerprint density at radius 3 is 1.23 bits per heavy atom. The first kappa shape index (κ1) is 29.7. The third-order valence-corrected chi connectivity index (χ3v) is 1.21. The van der Waals surface area contributed by atoms with E-state index in [1.165, 1.54) is 32.1 Å². The third-order valence-electron chi connectivity index (χ3n) is 1.21. The molecular weight excluding hydrogens is 616 g/mol. The summed E-state index contributed by atoms with van der Waals surface area (Å²) in [5, 5.41) is 0. The molecule has 90 valence electrons. The fourth-order valence-electron chi connectivity index (χ4n) is 0.677. The minimum atomic E-state index is 0. The molecule has 0 unspecified atom stereocenters. The number of halogens is 4. The zero-order valence-electron chi connectivity index (χ0n) is 7.08. The van der Waals surface area contributed by atoms with Crippen molar-refractivity contribution in [2.45, 2.75) is 60.8 Å². The van der Waals surface area contributed by atoms with Gasteiger partial charge in [0.05, 0.1) is 0 Å². The molecule has 0 nitrogen and oxygen atoms in total. The quantitative estimate of drug-likeness (QED) is 0.326. The molecule has 0 atom stereocenters. The molecule has 0 saturated heterocycles. The average molecular weight is 641 g/mol. The van der Waals surface area contributed by atoms with E-state index in [-0.39, 0.29) is 38.8 Å². The molecule has 0 aromatic rings. The fraction of sp³-hybridized carbons (Fsp3) is 1.00. The minimum absolute atomic E-state index is 0. The maximum atomic E-state index is 2.39. The van der Waals surface area contributed by atoms with E-state index in [0.717, 1.165) is 0 Å². The molecule has 0 amide bonds. The van der Waals surface area contributed by atoms with Crippen LogP contribution in [0.4, 0.5) is 0 Å². The fourth-order valence-corrected chi connectivity index (χ4v) is 0.677. The van der Waals surface area contributed by atoms with Crippen molar-refractivity contribution in [3.05, 3.63) is 0 Å². The van der Waals surface area contributed by atoms with E-state index in [9.17, 15) is 0 Å². The molecule has 0 fully saturated rings. The molecule has 0 saturated carbocycles. The molecule has 0 rings (SSSR count). The monoisotopic (exact) mass is 641 g/mol. The van der Waals surface area contributed by atoms with E-state index in [1.807, 2.05) is 0 Å². The summed E-state index contributed by atoms with van der Waals surface area (Å²) in [5.74, 6) is 0. The number of rotatable bonds is 4. The molecule has 0 aromatic heterocycles. The first-order chi connectivity index (χ1) is 4.83. The van der Waals surface area contributed by atoms with Crippen LogP contribution < -0.4 is 13.3 Å². The molecule has 0 spiro atoms. The van der Waals surface area contributed by atoms with Crippen LogP contribution in [0.1, 0.15) is 60.8 Å². The summed E-state index contributed by atoms with van der Waals surface area (Å²) < 4.78 is 0. The van der Waals surface area contributed by atoms with Crippen LogP contribution in [0.15, 0.2) is 0 Å². The second kappa shape index (κ2) is 36.3. The van der Waals surface area contributed by atoms with Crippen molar-refractivity contribution < 1.29 is 13.3 Å². The van der Waals surface area contributed by atoms with Crippen LogP contribution in [0.2, 0.25) is 0 Å². The summed E-state index contributed by atoms with van der Waals surface area (Å²) in [4.78, 5) is 0. The summed E-state index contributed by atoms with van der Waals surface area (Å²) in [7, 11) is 0. The van der Waals surface area contributed by atoms with Crippen LogP contribution in [-0.2, 0) is 0 Å². The van der Waals surface area contributed by atoms with Crippen LogP contribution in [-0.4, -0.2) is 0 Å². The number of hydrogen-bond acceptors (Lipinski definition) is 0. The van der Waals surface area contributed by atoms with Crippen LogP contribution in [0.3, 0.4) is 0 Å². The van der Waals surface area contributed by atoms with E-state index in [4.69, 9.17) is 0 Å². The molecule has 0 radical (unpaired) electrons. The topological polar surface area (TPSA) is 0 Å². The van der Waals surface area contributed by atoms with Gasteiger partial charge in [0.2, 0.25) is 0 Å². The Morgan fingerprint density at radius 2 is 1.08 bits per heavy atom. The van der Waals surface area contributed by atoms with E-state index in [1.54, 1.807) is 0 Å². The molecule has 0 N–H and O–H groups in total. The predicted molar refractivity (Wildman–Crippen MR) is 91.4 cm³/mol. The van der Waals surface area contributed by atoms with Crippen LogP contribution >= 0.6 is 61.2 Å². The van der Waals surface area contributed by atoms with Gasteiger partial charge in [0, 0.05) is 0 Å². The molecule has 4 heteroatoms. The molecular formula is C9H25I4-. The molecule has 13 heavy (non-hydrogen) atoms. The van der Waals surface area contributed by atoms with Crippen molar-refractivity contribution in [1.29, 1.82) is 0 Å². The van der Waals surface area contributed by atoms with Crippen molar-refractivity contribution in [2.24, 2.45) is 0 Å². The van der Waals surface area contributed by atoms with Crippen LogP contribution in [0.5, 0.6) is 0 Å². The van der Waals surface area contributed by atoms with Gasteiger partial charge in [-0.05, 0) is 0 Å². The van der Waals surface area contributed by atoms with Crippen molar-refractivity contribution in [2.75, 3.05) is 0 Å². The first-order valence-corrected chi connectivity index (χ1v) is 16.3. The van der Waals surface area contributed by atoms with E-state index in [2.05, 4.69) is 51.1 Å². The van der Waals surface area contributed by atoms with Crippen molar-refractivity contribution in [3.8, 4) is 0 Å². The Morgan fingerprint density at radius 1 is 0.846 bits per heavy atom. The summed E-state index contributed by atoms with van der Waals surface area (Å²) in [6.07, 6.45) is 7.01. The first-order valence-electron chi connectivity index (χ1n) is 3.70. The summed E-state index contributed by atoms with van der Waals surface area (Å²) in [5.41, 5.74) is 0. The van der Waals surface area contributed by atoms with Gasteiger partial charge in [0.25, 0.3) is 0 Å².